The van der Waals surface area contributed by atoms with Crippen molar-refractivity contribution in [3.8, 4) is 5.69 Å². The average Bonchev–Trinajstić information content (AvgIpc) is 2.82. The Labute approximate surface area is 139 Å². The van der Waals surface area contributed by atoms with E-state index in [4.69, 9.17) is 5.73 Å². The Kier molecular flexibility index (Phi) is 2.92. The van der Waals surface area contributed by atoms with Crippen molar-refractivity contribution in [1.82, 2.24) is 14.9 Å². The Bertz CT molecular complexity index is 1220. The number of nitrogens with zero attached hydrogens (tertiary/aromatic N) is 1. The van der Waals surface area contributed by atoms with Gasteiger partial charge in [-0.25, -0.2) is 0 Å². The molecule has 0 fully saturated rings. The lowest BCUT2D eigenvalue weighted by atomic mass is 10.1. The minimum absolute atomic E-state index is 0.0112. The van der Waals surface area contributed by atoms with Crippen LogP contribution in [0.1, 0.15) is 26.3 Å². The number of anilines is 1. The predicted molar refractivity (Wildman–Crippen MR) is 91.1 cm³/mol. The van der Waals surface area contributed by atoms with Crippen molar-refractivity contribution < 1.29 is 9.59 Å². The molecule has 1 aliphatic rings. The van der Waals surface area contributed by atoms with Crippen LogP contribution in [0.4, 0.5) is 5.82 Å². The van der Waals surface area contributed by atoms with Crippen molar-refractivity contribution in [1.29, 1.82) is 0 Å². The van der Waals surface area contributed by atoms with Gasteiger partial charge in [0, 0.05) is 23.0 Å². The Morgan fingerprint density at radius 2 is 1.76 bits per heavy atom. The van der Waals surface area contributed by atoms with Gasteiger partial charge in [0.15, 0.2) is 0 Å². The zero-order valence-electron chi connectivity index (χ0n) is 13.0. The lowest BCUT2D eigenvalue weighted by Gasteiger charge is -2.13. The van der Waals surface area contributed by atoms with E-state index in [1.165, 1.54) is 10.6 Å². The van der Waals surface area contributed by atoms with E-state index in [2.05, 4.69) is 10.3 Å². The molecule has 0 saturated heterocycles. The summed E-state index contributed by atoms with van der Waals surface area (Å²) in [5.41, 5.74) is 7.03. The number of nitrogen functional groups attached to an aromatic ring is 1. The number of rotatable bonds is 1. The Balaban J connectivity index is 2.03. The molecule has 1 aliphatic heterocycles. The molecule has 124 valence electrons. The van der Waals surface area contributed by atoms with E-state index in [-0.39, 0.29) is 22.5 Å². The van der Waals surface area contributed by atoms with E-state index in [9.17, 15) is 19.2 Å². The molecule has 3 heterocycles. The van der Waals surface area contributed by atoms with Crippen molar-refractivity contribution in [3.05, 3.63) is 67.7 Å². The van der Waals surface area contributed by atoms with Gasteiger partial charge in [0.1, 0.15) is 5.82 Å². The molecule has 25 heavy (non-hydrogen) atoms. The number of aryl methyl sites for hydroxylation is 1. The highest BCUT2D eigenvalue weighted by Crippen LogP contribution is 2.25. The molecule has 8 nitrogen and oxygen atoms in total. The van der Waals surface area contributed by atoms with Crippen LogP contribution in [0.25, 0.3) is 16.6 Å². The summed E-state index contributed by atoms with van der Waals surface area (Å²) in [7, 11) is 0. The lowest BCUT2D eigenvalue weighted by molar-refractivity contribution is 0.0880. The van der Waals surface area contributed by atoms with Crippen LogP contribution in [0.3, 0.4) is 0 Å². The molecule has 3 aromatic rings. The summed E-state index contributed by atoms with van der Waals surface area (Å²) in [6.07, 6.45) is 0. The molecular weight excluding hydrogens is 324 g/mol. The average molecular weight is 336 g/mol. The van der Waals surface area contributed by atoms with Crippen LogP contribution in [0, 0.1) is 6.92 Å². The van der Waals surface area contributed by atoms with E-state index < -0.39 is 17.4 Å². The Hall–Kier alpha value is -3.68. The van der Waals surface area contributed by atoms with Gasteiger partial charge in [0.05, 0.1) is 16.8 Å². The van der Waals surface area contributed by atoms with Crippen molar-refractivity contribution >= 4 is 28.5 Å². The predicted octanol–water partition coefficient (Wildman–Crippen LogP) is 0.453. The summed E-state index contributed by atoms with van der Waals surface area (Å²) in [6, 6.07) is 7.50. The molecule has 0 atom stereocenters. The largest absolute Gasteiger partial charge is 0.384 e. The number of nitrogens with one attached hydrogen (secondary N) is 2. The molecule has 2 amide bonds. The van der Waals surface area contributed by atoms with Crippen molar-refractivity contribution in [2.24, 2.45) is 0 Å². The van der Waals surface area contributed by atoms with Crippen LogP contribution in [0.15, 0.2) is 39.9 Å². The summed E-state index contributed by atoms with van der Waals surface area (Å²) in [5, 5.41) is 2.86. The minimum atomic E-state index is -0.636. The maximum Gasteiger partial charge on any atom is 0.262 e. The van der Waals surface area contributed by atoms with Crippen molar-refractivity contribution in [3.63, 3.8) is 0 Å². The van der Waals surface area contributed by atoms with Gasteiger partial charge in [-0.2, -0.15) is 0 Å². The topological polar surface area (TPSA) is 127 Å². The number of hydrogen-bond acceptors (Lipinski definition) is 5. The number of aromatic nitrogens is 2. The normalized spacial score (nSPS) is 13.2. The van der Waals surface area contributed by atoms with Crippen LogP contribution in [-0.2, 0) is 0 Å². The number of amides is 2. The zero-order chi connectivity index (χ0) is 17.9. The second-order valence-corrected chi connectivity index (χ2v) is 5.82. The first-order valence-electron chi connectivity index (χ1n) is 7.42. The second-order valence-electron chi connectivity index (χ2n) is 5.82. The number of carbonyl (C=O) groups is 2. The summed E-state index contributed by atoms with van der Waals surface area (Å²) in [4.78, 5) is 50.4. The molecule has 0 bridgehead atoms. The second kappa shape index (κ2) is 4.91. The van der Waals surface area contributed by atoms with E-state index >= 15 is 0 Å². The molecule has 0 radical (unpaired) electrons. The summed E-state index contributed by atoms with van der Waals surface area (Å²) < 4.78 is 1.17. The molecule has 0 saturated carbocycles. The van der Waals surface area contributed by atoms with Gasteiger partial charge in [-0.3, -0.25) is 29.1 Å². The highest BCUT2D eigenvalue weighted by Gasteiger charge is 2.31. The number of fused-ring (bicyclic) bond motifs is 2. The lowest BCUT2D eigenvalue weighted by Crippen LogP contribution is -2.24. The van der Waals surface area contributed by atoms with Gasteiger partial charge < -0.3 is 10.7 Å². The number of benzene rings is 1. The first-order chi connectivity index (χ1) is 11.9. The maximum atomic E-state index is 12.5. The summed E-state index contributed by atoms with van der Waals surface area (Å²) in [5.74, 6) is -1.37. The molecule has 8 heteroatoms. The van der Waals surface area contributed by atoms with E-state index in [1.54, 1.807) is 25.1 Å². The Morgan fingerprint density at radius 3 is 2.52 bits per heavy atom. The van der Waals surface area contributed by atoms with Crippen LogP contribution >= 0.6 is 0 Å². The first-order valence-corrected chi connectivity index (χ1v) is 7.42. The number of hydrogen-bond donors (Lipinski definition) is 3. The molecule has 0 unspecified atom stereocenters. The fraction of sp³-hybridized carbons (Fsp3) is 0.0588. The summed E-state index contributed by atoms with van der Waals surface area (Å²) in [6.45, 7) is 1.78. The van der Waals surface area contributed by atoms with Crippen LogP contribution in [-0.4, -0.2) is 21.4 Å². The molecule has 1 aromatic carbocycles. The fourth-order valence-corrected chi connectivity index (χ4v) is 3.10. The van der Waals surface area contributed by atoms with Gasteiger partial charge in [0.2, 0.25) is 5.56 Å². The van der Waals surface area contributed by atoms with Crippen molar-refractivity contribution in [2.75, 3.05) is 5.73 Å². The number of aromatic amines is 1. The summed E-state index contributed by atoms with van der Waals surface area (Å²) >= 11 is 0. The van der Waals surface area contributed by atoms with Crippen LogP contribution < -0.4 is 22.2 Å². The quantitative estimate of drug-likeness (QED) is 0.556. The molecule has 0 aliphatic carbocycles. The number of carbonyl (C=O) groups excluding carboxylic acids is 2. The third-order valence-corrected chi connectivity index (χ3v) is 4.24. The zero-order valence-corrected chi connectivity index (χ0v) is 13.0. The third kappa shape index (κ3) is 2.08. The number of H-pyrrole nitrogens is 1. The molecular formula is C17H12N4O4. The van der Waals surface area contributed by atoms with Gasteiger partial charge in [-0.05, 0) is 30.7 Å². The van der Waals surface area contributed by atoms with Crippen LogP contribution in [0.5, 0.6) is 0 Å². The van der Waals surface area contributed by atoms with E-state index in [1.807, 2.05) is 0 Å². The molecule has 4 rings (SSSR count). The number of nitrogens with two attached hydrogens (primary N) is 1. The first kappa shape index (κ1) is 14.9. The van der Waals surface area contributed by atoms with E-state index in [0.29, 0.717) is 11.2 Å². The standard InChI is InChI=1S/C17H12N4O4/c1-7-4-12(22)19-11-3-2-8(5-9(7)11)21-13(23)6-10-14(15(21)18)17(25)20-16(10)24/h2-6H,18H2,1H3,(H,19,22)(H,20,24,25). The number of pyridine rings is 2. The maximum absolute atomic E-state index is 12.5. The number of imide groups is 1. The van der Waals surface area contributed by atoms with Crippen LogP contribution in [0.2, 0.25) is 0 Å². The highest BCUT2D eigenvalue weighted by atomic mass is 16.2. The minimum Gasteiger partial charge on any atom is -0.384 e. The Morgan fingerprint density at radius 1 is 1.00 bits per heavy atom. The fourth-order valence-electron chi connectivity index (χ4n) is 3.10. The molecule has 0 spiro atoms. The van der Waals surface area contributed by atoms with Gasteiger partial charge in [-0.1, -0.05) is 0 Å². The molecule has 2 aromatic heterocycles. The van der Waals surface area contributed by atoms with Gasteiger partial charge in [-0.15, -0.1) is 0 Å². The van der Waals surface area contributed by atoms with Crippen molar-refractivity contribution in [2.45, 2.75) is 6.92 Å². The SMILES string of the molecule is Cc1cc(=O)[nH]c2ccc(-n3c(N)c4c(cc3=O)C(=O)NC4=O)cc12. The highest BCUT2D eigenvalue weighted by molar-refractivity contribution is 6.23. The third-order valence-electron chi connectivity index (χ3n) is 4.24. The van der Waals surface area contributed by atoms with E-state index in [0.717, 1.165) is 17.0 Å². The van der Waals surface area contributed by atoms with Gasteiger partial charge >= 0.3 is 0 Å². The van der Waals surface area contributed by atoms with Gasteiger partial charge in [0.25, 0.3) is 17.4 Å². The molecule has 4 N–H and O–H groups in total. The smallest absolute Gasteiger partial charge is 0.262 e. The monoisotopic (exact) mass is 336 g/mol.